The molecule has 1 aliphatic heterocycles. The third kappa shape index (κ3) is 4.19. The number of aromatic nitrogens is 1. The van der Waals surface area contributed by atoms with Crippen LogP contribution in [0.4, 0.5) is 18.9 Å². The molecule has 0 saturated carbocycles. The zero-order valence-electron chi connectivity index (χ0n) is 19.0. The highest BCUT2D eigenvalue weighted by Gasteiger charge is 2.35. The number of hydrogen-bond donors (Lipinski definition) is 0. The van der Waals surface area contributed by atoms with E-state index in [2.05, 4.69) is 4.98 Å². The van der Waals surface area contributed by atoms with Crippen molar-refractivity contribution in [2.75, 3.05) is 31.1 Å². The lowest BCUT2D eigenvalue weighted by Gasteiger charge is -2.36. The van der Waals surface area contributed by atoms with E-state index in [1.807, 2.05) is 38.7 Å². The van der Waals surface area contributed by atoms with Crippen LogP contribution in [0.5, 0.6) is 0 Å². The second-order valence-electron chi connectivity index (χ2n) is 8.52. The molecule has 33 heavy (non-hydrogen) atoms. The van der Waals surface area contributed by atoms with E-state index in [0.717, 1.165) is 28.3 Å². The van der Waals surface area contributed by atoms with E-state index >= 15 is 0 Å². The van der Waals surface area contributed by atoms with E-state index in [-0.39, 0.29) is 31.7 Å². The summed E-state index contributed by atoms with van der Waals surface area (Å²) in [7, 11) is -3.73. The fraction of sp³-hybridized carbons (Fsp3) is 0.375. The van der Waals surface area contributed by atoms with E-state index in [0.29, 0.717) is 16.0 Å². The molecule has 1 saturated heterocycles. The number of alkyl halides is 3. The molecule has 0 spiro atoms. The smallest absolute Gasteiger partial charge is 0.368 e. The van der Waals surface area contributed by atoms with Crippen molar-refractivity contribution in [1.29, 1.82) is 0 Å². The van der Waals surface area contributed by atoms with Crippen molar-refractivity contribution in [3.8, 4) is 0 Å². The highest BCUT2D eigenvalue weighted by atomic mass is 32.2. The van der Waals surface area contributed by atoms with Crippen LogP contribution in [0, 0.1) is 27.7 Å². The molecule has 0 aliphatic carbocycles. The van der Waals surface area contributed by atoms with Crippen LogP contribution in [-0.4, -0.2) is 43.9 Å². The number of fused-ring (bicyclic) bond motifs is 1. The predicted octanol–water partition coefficient (Wildman–Crippen LogP) is 5.00. The fourth-order valence-electron chi connectivity index (χ4n) is 4.43. The SMILES string of the molecule is Cc1cc(C)c(C)c(S(=O)(=O)N2CCN(c3cc(C(F)(F)F)nc4ccccc34)CC2)c1C. The number of rotatable bonds is 3. The number of hydrogen-bond acceptors (Lipinski definition) is 4. The number of nitrogens with zero attached hydrogens (tertiary/aromatic N) is 3. The first-order valence-electron chi connectivity index (χ1n) is 10.7. The van der Waals surface area contributed by atoms with Gasteiger partial charge in [-0.05, 0) is 62.1 Å². The first-order valence-corrected chi connectivity index (χ1v) is 12.1. The Bertz CT molecular complexity index is 1300. The van der Waals surface area contributed by atoms with Crippen LogP contribution in [0.25, 0.3) is 10.9 Å². The highest BCUT2D eigenvalue weighted by molar-refractivity contribution is 7.89. The number of aryl methyl sites for hydroxylation is 2. The third-order valence-corrected chi connectivity index (χ3v) is 8.63. The predicted molar refractivity (Wildman–Crippen MR) is 123 cm³/mol. The molecule has 0 N–H and O–H groups in total. The first kappa shape index (κ1) is 23.5. The zero-order valence-corrected chi connectivity index (χ0v) is 19.8. The summed E-state index contributed by atoms with van der Waals surface area (Å²) in [5.74, 6) is 0. The average Bonchev–Trinajstić information content (AvgIpc) is 2.76. The number of para-hydroxylation sites is 1. The van der Waals surface area contributed by atoms with Gasteiger partial charge in [-0.15, -0.1) is 0 Å². The van der Waals surface area contributed by atoms with Crippen LogP contribution in [0.2, 0.25) is 0 Å². The molecule has 4 rings (SSSR count). The lowest BCUT2D eigenvalue weighted by atomic mass is 10.0. The molecule has 3 aromatic rings. The van der Waals surface area contributed by atoms with Crippen molar-refractivity contribution in [3.05, 3.63) is 64.3 Å². The molecule has 9 heteroatoms. The number of anilines is 1. The summed E-state index contributed by atoms with van der Waals surface area (Å²) in [5.41, 5.74) is 3.03. The second kappa shape index (κ2) is 8.29. The topological polar surface area (TPSA) is 53.5 Å². The Morgan fingerprint density at radius 2 is 1.45 bits per heavy atom. The summed E-state index contributed by atoms with van der Waals surface area (Å²) in [6.07, 6.45) is -4.57. The van der Waals surface area contributed by atoms with E-state index in [1.54, 1.807) is 24.3 Å². The third-order valence-electron chi connectivity index (χ3n) is 6.46. The molecular formula is C24H26F3N3O2S. The van der Waals surface area contributed by atoms with Crippen LogP contribution in [-0.2, 0) is 16.2 Å². The quantitative estimate of drug-likeness (QED) is 0.533. The molecule has 0 atom stereocenters. The number of piperazine rings is 1. The molecule has 0 bridgehead atoms. The largest absolute Gasteiger partial charge is 0.433 e. The molecule has 1 fully saturated rings. The number of pyridine rings is 1. The second-order valence-corrected chi connectivity index (χ2v) is 10.4. The zero-order chi connectivity index (χ0) is 24.1. The van der Waals surface area contributed by atoms with Gasteiger partial charge in [-0.2, -0.15) is 17.5 Å². The molecule has 0 amide bonds. The summed E-state index contributed by atoms with van der Waals surface area (Å²) in [6.45, 7) is 8.36. The Kier molecular flexibility index (Phi) is 5.90. The van der Waals surface area contributed by atoms with Gasteiger partial charge >= 0.3 is 6.18 Å². The van der Waals surface area contributed by atoms with Crippen molar-refractivity contribution in [1.82, 2.24) is 9.29 Å². The Morgan fingerprint density at radius 3 is 2.03 bits per heavy atom. The van der Waals surface area contributed by atoms with Gasteiger partial charge in [0.15, 0.2) is 0 Å². The molecular weight excluding hydrogens is 451 g/mol. The standard InChI is InChI=1S/C24H26F3N3O2S/c1-15-13-16(2)18(4)23(17(15)3)33(31,32)30-11-9-29(10-12-30)21-14-22(24(25,26)27)28-20-8-6-5-7-19(20)21/h5-8,13-14H,9-12H2,1-4H3. The van der Waals surface area contributed by atoms with Crippen molar-refractivity contribution < 1.29 is 21.6 Å². The van der Waals surface area contributed by atoms with Crippen LogP contribution in [0.15, 0.2) is 41.3 Å². The van der Waals surface area contributed by atoms with E-state index in [1.165, 1.54) is 4.31 Å². The highest BCUT2D eigenvalue weighted by Crippen LogP contribution is 2.36. The van der Waals surface area contributed by atoms with Crippen LogP contribution < -0.4 is 4.90 Å². The van der Waals surface area contributed by atoms with E-state index in [4.69, 9.17) is 0 Å². The number of sulfonamides is 1. The molecule has 1 aromatic heterocycles. The van der Waals surface area contributed by atoms with Crippen LogP contribution >= 0.6 is 0 Å². The van der Waals surface area contributed by atoms with Gasteiger partial charge in [-0.3, -0.25) is 0 Å². The number of halogens is 3. The summed E-state index contributed by atoms with van der Waals surface area (Å²) in [5, 5.41) is 0.614. The lowest BCUT2D eigenvalue weighted by Crippen LogP contribution is -2.49. The van der Waals surface area contributed by atoms with Gasteiger partial charge in [0.05, 0.1) is 10.4 Å². The average molecular weight is 478 g/mol. The molecule has 0 unspecified atom stereocenters. The monoisotopic (exact) mass is 477 g/mol. The molecule has 1 aliphatic rings. The van der Waals surface area contributed by atoms with Crippen LogP contribution in [0.3, 0.4) is 0 Å². The summed E-state index contributed by atoms with van der Waals surface area (Å²) in [6, 6.07) is 9.74. The summed E-state index contributed by atoms with van der Waals surface area (Å²) >= 11 is 0. The molecule has 2 heterocycles. The molecule has 176 valence electrons. The minimum absolute atomic E-state index is 0.187. The van der Waals surface area contributed by atoms with Crippen molar-refractivity contribution in [2.45, 2.75) is 38.8 Å². The van der Waals surface area contributed by atoms with Gasteiger partial charge in [-0.25, -0.2) is 13.4 Å². The maximum absolute atomic E-state index is 13.5. The minimum Gasteiger partial charge on any atom is -0.368 e. The molecule has 0 radical (unpaired) electrons. The molecule has 2 aromatic carbocycles. The Labute approximate surface area is 191 Å². The minimum atomic E-state index is -4.57. The first-order chi connectivity index (χ1) is 15.4. The van der Waals surface area contributed by atoms with Crippen molar-refractivity contribution in [3.63, 3.8) is 0 Å². The Hall–Kier alpha value is -2.65. The van der Waals surface area contributed by atoms with E-state index in [9.17, 15) is 21.6 Å². The van der Waals surface area contributed by atoms with Gasteiger partial charge in [0.2, 0.25) is 10.0 Å². The summed E-state index contributed by atoms with van der Waals surface area (Å²) < 4.78 is 68.8. The maximum Gasteiger partial charge on any atom is 0.433 e. The number of benzene rings is 2. The van der Waals surface area contributed by atoms with Gasteiger partial charge in [-0.1, -0.05) is 24.3 Å². The lowest BCUT2D eigenvalue weighted by molar-refractivity contribution is -0.140. The van der Waals surface area contributed by atoms with E-state index < -0.39 is 21.9 Å². The van der Waals surface area contributed by atoms with Gasteiger partial charge in [0.1, 0.15) is 5.69 Å². The Balaban J connectivity index is 1.66. The van der Waals surface area contributed by atoms with Gasteiger partial charge in [0.25, 0.3) is 0 Å². The van der Waals surface area contributed by atoms with Crippen molar-refractivity contribution in [2.24, 2.45) is 0 Å². The molecule has 5 nitrogen and oxygen atoms in total. The fourth-order valence-corrected chi connectivity index (χ4v) is 6.43. The van der Waals surface area contributed by atoms with Crippen molar-refractivity contribution >= 4 is 26.6 Å². The van der Waals surface area contributed by atoms with Crippen LogP contribution in [0.1, 0.15) is 27.9 Å². The maximum atomic E-state index is 13.5. The van der Waals surface area contributed by atoms with Gasteiger partial charge in [0, 0.05) is 37.3 Å². The summed E-state index contributed by atoms with van der Waals surface area (Å²) in [4.78, 5) is 5.92. The normalized spacial score (nSPS) is 15.9. The Morgan fingerprint density at radius 1 is 0.879 bits per heavy atom. The van der Waals surface area contributed by atoms with Gasteiger partial charge < -0.3 is 4.90 Å².